The van der Waals surface area contributed by atoms with Crippen molar-refractivity contribution in [3.8, 4) is 11.4 Å². The summed E-state index contributed by atoms with van der Waals surface area (Å²) >= 11 is 0. The Morgan fingerprint density at radius 2 is 2.00 bits per heavy atom. The normalized spacial score (nSPS) is 11.0. The summed E-state index contributed by atoms with van der Waals surface area (Å²) < 4.78 is 0. The van der Waals surface area contributed by atoms with Crippen molar-refractivity contribution in [2.24, 2.45) is 0 Å². The monoisotopic (exact) mass is 325 g/mol. The number of rotatable bonds is 6. The minimum atomic E-state index is -0.850. The van der Waals surface area contributed by atoms with E-state index in [0.717, 1.165) is 35.0 Å². The lowest BCUT2D eigenvalue weighted by Gasteiger charge is -2.06. The largest absolute Gasteiger partial charge is 0.506 e. The van der Waals surface area contributed by atoms with E-state index in [9.17, 15) is 9.90 Å². The Balaban J connectivity index is 2.01. The number of phenolic OH excluding ortho intramolecular Hbond substituents is 1. The Kier molecular flexibility index (Phi) is 4.46. The highest BCUT2D eigenvalue weighted by Gasteiger charge is 2.12. The number of phenols is 1. The van der Waals surface area contributed by atoms with Crippen molar-refractivity contribution in [2.75, 3.05) is 0 Å². The van der Waals surface area contributed by atoms with Gasteiger partial charge in [0.15, 0.2) is 0 Å². The van der Waals surface area contributed by atoms with E-state index in [1.807, 2.05) is 18.2 Å². The van der Waals surface area contributed by atoms with Gasteiger partial charge < -0.3 is 10.2 Å². The summed E-state index contributed by atoms with van der Waals surface area (Å²) in [6, 6.07) is 10.9. The van der Waals surface area contributed by atoms with Crippen LogP contribution in [-0.2, 0) is 17.6 Å². The maximum absolute atomic E-state index is 10.7. The van der Waals surface area contributed by atoms with Crippen molar-refractivity contribution in [2.45, 2.75) is 32.6 Å². The summed E-state index contributed by atoms with van der Waals surface area (Å²) in [4.78, 5) is 12.2. The van der Waals surface area contributed by atoms with Gasteiger partial charge in [0.05, 0.1) is 0 Å². The average Bonchev–Trinajstić information content (AvgIpc) is 2.99. The average molecular weight is 325 g/mol. The SMILES string of the molecule is CCCc1cccc2nn(-c3cc(CCC(=O)O)ccc3O)nc12. The van der Waals surface area contributed by atoms with Crippen molar-refractivity contribution in [1.82, 2.24) is 15.0 Å². The number of carbonyl (C=O) groups is 1. The smallest absolute Gasteiger partial charge is 0.303 e. The number of aromatic nitrogens is 3. The molecule has 2 aromatic carbocycles. The van der Waals surface area contributed by atoms with Crippen LogP contribution in [0.1, 0.15) is 30.9 Å². The molecule has 0 unspecified atom stereocenters. The molecule has 0 atom stereocenters. The number of aryl methyl sites for hydroxylation is 2. The molecule has 1 aromatic heterocycles. The second-order valence-corrected chi connectivity index (χ2v) is 5.74. The molecule has 124 valence electrons. The van der Waals surface area contributed by atoms with Crippen molar-refractivity contribution in [3.05, 3.63) is 47.5 Å². The summed E-state index contributed by atoms with van der Waals surface area (Å²) in [5.41, 5.74) is 4.01. The third kappa shape index (κ3) is 3.22. The molecule has 3 rings (SSSR count). The lowest BCUT2D eigenvalue weighted by atomic mass is 10.1. The van der Waals surface area contributed by atoms with E-state index in [2.05, 4.69) is 17.1 Å². The number of carboxylic acids is 1. The van der Waals surface area contributed by atoms with Crippen LogP contribution in [0.5, 0.6) is 5.75 Å². The van der Waals surface area contributed by atoms with Gasteiger partial charge in [-0.25, -0.2) is 0 Å². The van der Waals surface area contributed by atoms with Crippen LogP contribution in [0.2, 0.25) is 0 Å². The molecule has 0 radical (unpaired) electrons. The minimum Gasteiger partial charge on any atom is -0.506 e. The zero-order chi connectivity index (χ0) is 17.1. The van der Waals surface area contributed by atoms with Crippen LogP contribution >= 0.6 is 0 Å². The van der Waals surface area contributed by atoms with Gasteiger partial charge in [-0.3, -0.25) is 4.79 Å². The third-order valence-corrected chi connectivity index (χ3v) is 3.90. The first-order valence-electron chi connectivity index (χ1n) is 7.97. The molecule has 1 heterocycles. The third-order valence-electron chi connectivity index (χ3n) is 3.90. The van der Waals surface area contributed by atoms with Crippen molar-refractivity contribution in [3.63, 3.8) is 0 Å². The van der Waals surface area contributed by atoms with Gasteiger partial charge in [-0.05, 0) is 42.2 Å². The van der Waals surface area contributed by atoms with E-state index in [4.69, 9.17) is 5.11 Å². The molecule has 6 nitrogen and oxygen atoms in total. The Bertz CT molecular complexity index is 886. The van der Waals surface area contributed by atoms with Crippen molar-refractivity contribution < 1.29 is 15.0 Å². The van der Waals surface area contributed by atoms with Crippen LogP contribution in [0.25, 0.3) is 16.7 Å². The molecule has 0 aliphatic heterocycles. The number of aliphatic carboxylic acids is 1. The molecule has 0 aliphatic carbocycles. The second-order valence-electron chi connectivity index (χ2n) is 5.74. The Morgan fingerprint density at radius 1 is 1.17 bits per heavy atom. The predicted molar refractivity (Wildman–Crippen MR) is 90.5 cm³/mol. The van der Waals surface area contributed by atoms with Crippen LogP contribution in [0.3, 0.4) is 0 Å². The molecular weight excluding hydrogens is 306 g/mol. The lowest BCUT2D eigenvalue weighted by Crippen LogP contribution is -2.02. The summed E-state index contributed by atoms with van der Waals surface area (Å²) in [6.07, 6.45) is 2.37. The summed E-state index contributed by atoms with van der Waals surface area (Å²) in [5.74, 6) is -0.789. The van der Waals surface area contributed by atoms with E-state index in [1.165, 1.54) is 4.80 Å². The molecular formula is C18H19N3O3. The van der Waals surface area contributed by atoms with Gasteiger partial charge in [-0.2, -0.15) is 0 Å². The molecule has 2 N–H and O–H groups in total. The molecule has 0 saturated carbocycles. The summed E-state index contributed by atoms with van der Waals surface area (Å²) in [6.45, 7) is 2.11. The first-order valence-corrected chi connectivity index (χ1v) is 7.97. The molecule has 24 heavy (non-hydrogen) atoms. The van der Waals surface area contributed by atoms with E-state index >= 15 is 0 Å². The van der Waals surface area contributed by atoms with Crippen molar-refractivity contribution >= 4 is 17.0 Å². The van der Waals surface area contributed by atoms with E-state index in [1.54, 1.807) is 18.2 Å². The number of fused-ring (bicyclic) bond motifs is 1. The standard InChI is InChI=1S/C18H19N3O3/c1-2-4-13-5-3-6-14-18(13)20-21(19-14)15-11-12(7-9-16(15)22)8-10-17(23)24/h3,5-7,9,11,22H,2,4,8,10H2,1H3,(H,23,24). The van der Waals surface area contributed by atoms with Crippen LogP contribution in [0.4, 0.5) is 0 Å². The highest BCUT2D eigenvalue weighted by molar-refractivity contribution is 5.78. The fourth-order valence-electron chi connectivity index (χ4n) is 2.71. The molecule has 0 aliphatic rings. The predicted octanol–water partition coefficient (Wildman–Crippen LogP) is 3.10. The number of hydrogen-bond acceptors (Lipinski definition) is 4. The molecule has 0 fully saturated rings. The van der Waals surface area contributed by atoms with Crippen LogP contribution < -0.4 is 0 Å². The van der Waals surface area contributed by atoms with Gasteiger partial charge in [0, 0.05) is 6.42 Å². The highest BCUT2D eigenvalue weighted by atomic mass is 16.4. The van der Waals surface area contributed by atoms with Gasteiger partial charge in [-0.15, -0.1) is 15.0 Å². The number of carboxylic acid groups (broad SMARTS) is 1. The van der Waals surface area contributed by atoms with Gasteiger partial charge in [0.1, 0.15) is 22.5 Å². The molecule has 6 heteroatoms. The molecule has 3 aromatic rings. The zero-order valence-corrected chi connectivity index (χ0v) is 13.4. The van der Waals surface area contributed by atoms with Crippen molar-refractivity contribution in [1.29, 1.82) is 0 Å². The Hall–Kier alpha value is -2.89. The van der Waals surface area contributed by atoms with Gasteiger partial charge in [-0.1, -0.05) is 31.5 Å². The molecule has 0 spiro atoms. The van der Waals surface area contributed by atoms with Crippen LogP contribution in [-0.4, -0.2) is 31.2 Å². The fraction of sp³-hybridized carbons (Fsp3) is 0.278. The van der Waals surface area contributed by atoms with Gasteiger partial charge >= 0.3 is 5.97 Å². The summed E-state index contributed by atoms with van der Waals surface area (Å²) in [5, 5.41) is 27.9. The van der Waals surface area contributed by atoms with Gasteiger partial charge in [0.25, 0.3) is 0 Å². The number of nitrogens with zero attached hydrogens (tertiary/aromatic N) is 3. The molecule has 0 bridgehead atoms. The molecule has 0 saturated heterocycles. The lowest BCUT2D eigenvalue weighted by molar-refractivity contribution is -0.136. The maximum atomic E-state index is 10.7. The van der Waals surface area contributed by atoms with E-state index in [-0.39, 0.29) is 12.2 Å². The van der Waals surface area contributed by atoms with Crippen LogP contribution in [0.15, 0.2) is 36.4 Å². The number of hydrogen-bond donors (Lipinski definition) is 2. The maximum Gasteiger partial charge on any atom is 0.303 e. The first kappa shape index (κ1) is 16.0. The highest BCUT2D eigenvalue weighted by Crippen LogP contribution is 2.25. The summed E-state index contributed by atoms with van der Waals surface area (Å²) in [7, 11) is 0. The van der Waals surface area contributed by atoms with E-state index in [0.29, 0.717) is 12.1 Å². The quantitative estimate of drug-likeness (QED) is 0.727. The minimum absolute atomic E-state index is 0.0410. The Labute approximate surface area is 139 Å². The number of aromatic hydroxyl groups is 1. The topological polar surface area (TPSA) is 88.2 Å². The zero-order valence-electron chi connectivity index (χ0n) is 13.4. The second kappa shape index (κ2) is 6.70. The first-order chi connectivity index (χ1) is 11.6. The van der Waals surface area contributed by atoms with E-state index < -0.39 is 5.97 Å². The van der Waals surface area contributed by atoms with Gasteiger partial charge in [0.2, 0.25) is 0 Å². The number of benzene rings is 2. The Morgan fingerprint density at radius 3 is 2.75 bits per heavy atom. The van der Waals surface area contributed by atoms with Crippen LogP contribution in [0, 0.1) is 0 Å². The fourth-order valence-corrected chi connectivity index (χ4v) is 2.71. The molecule has 0 amide bonds.